The molecular formula is C7H10N4O2. The summed E-state index contributed by atoms with van der Waals surface area (Å²) in [6.07, 6.45) is 1.72. The van der Waals surface area contributed by atoms with Gasteiger partial charge >= 0.3 is 5.69 Å². The first kappa shape index (κ1) is 8.18. The lowest BCUT2D eigenvalue weighted by molar-refractivity contribution is 0.104. The van der Waals surface area contributed by atoms with Crippen molar-refractivity contribution in [2.75, 3.05) is 12.3 Å². The second-order valence-electron chi connectivity index (χ2n) is 2.90. The second-order valence-corrected chi connectivity index (χ2v) is 2.90. The van der Waals surface area contributed by atoms with Gasteiger partial charge in [0.05, 0.1) is 0 Å². The molecule has 0 bridgehead atoms. The van der Waals surface area contributed by atoms with E-state index >= 15 is 0 Å². The molecule has 1 unspecified atom stereocenters. The molecule has 13 heavy (non-hydrogen) atoms. The monoisotopic (exact) mass is 182 g/mol. The smallest absolute Gasteiger partial charge is 0.349 e. The zero-order chi connectivity index (χ0) is 9.26. The third kappa shape index (κ3) is 1.67. The number of nitrogens with zero attached hydrogens (tertiary/aromatic N) is 2. The Morgan fingerprint density at radius 3 is 3.00 bits per heavy atom. The van der Waals surface area contributed by atoms with Crippen molar-refractivity contribution in [1.82, 2.24) is 15.0 Å². The van der Waals surface area contributed by atoms with Crippen LogP contribution >= 0.6 is 0 Å². The van der Waals surface area contributed by atoms with Gasteiger partial charge in [-0.1, -0.05) is 0 Å². The molecule has 70 valence electrons. The van der Waals surface area contributed by atoms with Crippen LogP contribution in [0.5, 0.6) is 0 Å². The van der Waals surface area contributed by atoms with Crippen LogP contribution in [0.15, 0.2) is 4.79 Å². The van der Waals surface area contributed by atoms with E-state index in [-0.39, 0.29) is 12.1 Å². The highest BCUT2D eigenvalue weighted by atomic mass is 16.5. The summed E-state index contributed by atoms with van der Waals surface area (Å²) in [5.74, 6) is 0.476. The van der Waals surface area contributed by atoms with Gasteiger partial charge < -0.3 is 10.5 Å². The van der Waals surface area contributed by atoms with Crippen molar-refractivity contribution >= 4 is 5.95 Å². The zero-order valence-electron chi connectivity index (χ0n) is 6.99. The molecule has 1 atom stereocenters. The van der Waals surface area contributed by atoms with Crippen molar-refractivity contribution in [2.24, 2.45) is 0 Å². The van der Waals surface area contributed by atoms with Gasteiger partial charge in [-0.25, -0.2) is 4.79 Å². The molecule has 2 rings (SSSR count). The molecule has 3 N–H and O–H groups in total. The molecule has 0 radical (unpaired) electrons. The highest BCUT2D eigenvalue weighted by Gasteiger charge is 2.20. The van der Waals surface area contributed by atoms with Crippen molar-refractivity contribution in [3.8, 4) is 0 Å². The fourth-order valence-electron chi connectivity index (χ4n) is 1.36. The lowest BCUT2D eigenvalue weighted by atomic mass is 10.2. The molecule has 0 amide bonds. The summed E-state index contributed by atoms with van der Waals surface area (Å²) in [6.45, 7) is 0.705. The molecule has 1 aromatic rings. The standard InChI is InChI=1S/C7H10N4O2/c8-6-9-5(10-7(12)11-6)4-2-1-3-13-4/h4H,1-3H2,(H3,8,9,10,11,12). The molecule has 1 aliphatic heterocycles. The van der Waals surface area contributed by atoms with Gasteiger partial charge in [0.1, 0.15) is 11.9 Å². The van der Waals surface area contributed by atoms with Gasteiger partial charge in [-0.05, 0) is 12.8 Å². The van der Waals surface area contributed by atoms with E-state index in [0.29, 0.717) is 12.4 Å². The van der Waals surface area contributed by atoms with Crippen LogP contribution in [0.3, 0.4) is 0 Å². The van der Waals surface area contributed by atoms with Gasteiger partial charge in [0, 0.05) is 6.61 Å². The van der Waals surface area contributed by atoms with Crippen molar-refractivity contribution in [3.63, 3.8) is 0 Å². The molecule has 2 heterocycles. The van der Waals surface area contributed by atoms with E-state index in [9.17, 15) is 4.79 Å². The Bertz CT molecular complexity index is 356. The minimum atomic E-state index is -0.474. The Hall–Kier alpha value is -1.43. The van der Waals surface area contributed by atoms with Gasteiger partial charge in [-0.15, -0.1) is 0 Å². The van der Waals surface area contributed by atoms with Crippen LogP contribution in [-0.4, -0.2) is 21.6 Å². The molecule has 0 saturated carbocycles. The first-order valence-electron chi connectivity index (χ1n) is 4.11. The number of anilines is 1. The number of aromatic nitrogens is 3. The van der Waals surface area contributed by atoms with Crippen molar-refractivity contribution < 1.29 is 4.74 Å². The summed E-state index contributed by atoms with van der Waals surface area (Å²) in [6, 6.07) is 0. The molecule has 1 aromatic heterocycles. The van der Waals surface area contributed by atoms with Crippen LogP contribution in [-0.2, 0) is 4.74 Å². The van der Waals surface area contributed by atoms with Crippen molar-refractivity contribution in [2.45, 2.75) is 18.9 Å². The van der Waals surface area contributed by atoms with E-state index in [0.717, 1.165) is 12.8 Å². The van der Waals surface area contributed by atoms with Crippen LogP contribution in [0, 0.1) is 0 Å². The number of rotatable bonds is 1. The molecular weight excluding hydrogens is 172 g/mol. The number of ether oxygens (including phenoxy) is 1. The van der Waals surface area contributed by atoms with Crippen LogP contribution in [0.4, 0.5) is 5.95 Å². The number of hydrogen-bond acceptors (Lipinski definition) is 5. The van der Waals surface area contributed by atoms with E-state index in [1.807, 2.05) is 0 Å². The molecule has 0 spiro atoms. The average molecular weight is 182 g/mol. The number of aromatic amines is 1. The zero-order valence-corrected chi connectivity index (χ0v) is 6.99. The predicted octanol–water partition coefficient (Wildman–Crippen LogP) is -0.401. The van der Waals surface area contributed by atoms with E-state index in [1.165, 1.54) is 0 Å². The van der Waals surface area contributed by atoms with Gasteiger partial charge in [0.15, 0.2) is 0 Å². The fourth-order valence-corrected chi connectivity index (χ4v) is 1.36. The number of H-pyrrole nitrogens is 1. The maximum absolute atomic E-state index is 10.9. The quantitative estimate of drug-likeness (QED) is 0.616. The van der Waals surface area contributed by atoms with Gasteiger partial charge in [-0.2, -0.15) is 9.97 Å². The molecule has 1 saturated heterocycles. The molecule has 0 aliphatic carbocycles. The highest BCUT2D eigenvalue weighted by molar-refractivity contribution is 5.13. The molecule has 6 heteroatoms. The maximum atomic E-state index is 10.9. The third-order valence-electron chi connectivity index (χ3n) is 1.92. The Morgan fingerprint density at radius 2 is 2.38 bits per heavy atom. The largest absolute Gasteiger partial charge is 0.370 e. The summed E-state index contributed by atoms with van der Waals surface area (Å²) >= 11 is 0. The lowest BCUT2D eigenvalue weighted by Gasteiger charge is -2.07. The summed E-state index contributed by atoms with van der Waals surface area (Å²) in [4.78, 5) is 20.7. The van der Waals surface area contributed by atoms with Crippen molar-refractivity contribution in [1.29, 1.82) is 0 Å². The van der Waals surface area contributed by atoms with Crippen molar-refractivity contribution in [3.05, 3.63) is 16.3 Å². The van der Waals surface area contributed by atoms with Gasteiger partial charge in [0.25, 0.3) is 0 Å². The summed E-state index contributed by atoms with van der Waals surface area (Å²) in [5, 5.41) is 0. The summed E-state index contributed by atoms with van der Waals surface area (Å²) in [5.41, 5.74) is 4.86. The number of hydrogen-bond donors (Lipinski definition) is 2. The first-order valence-corrected chi connectivity index (χ1v) is 4.11. The minimum absolute atomic E-state index is 0.00532. The fraction of sp³-hybridized carbons (Fsp3) is 0.571. The molecule has 1 fully saturated rings. The SMILES string of the molecule is Nc1nc(C2CCCO2)[nH]c(=O)n1. The van der Waals surface area contributed by atoms with Gasteiger partial charge in [-0.3, -0.25) is 4.98 Å². The normalized spacial score (nSPS) is 22.0. The molecule has 6 nitrogen and oxygen atoms in total. The Kier molecular flexibility index (Phi) is 1.97. The topological polar surface area (TPSA) is 93.9 Å². The minimum Gasteiger partial charge on any atom is -0.370 e. The van der Waals surface area contributed by atoms with E-state index < -0.39 is 5.69 Å². The van der Waals surface area contributed by atoms with Crippen LogP contribution in [0.25, 0.3) is 0 Å². The Morgan fingerprint density at radius 1 is 1.54 bits per heavy atom. The Balaban J connectivity index is 2.33. The number of nitrogens with two attached hydrogens (primary N) is 1. The highest BCUT2D eigenvalue weighted by Crippen LogP contribution is 2.24. The lowest BCUT2D eigenvalue weighted by Crippen LogP contribution is -2.19. The first-order chi connectivity index (χ1) is 6.25. The Labute approximate surface area is 74.2 Å². The van der Waals surface area contributed by atoms with E-state index in [1.54, 1.807) is 0 Å². The van der Waals surface area contributed by atoms with Crippen LogP contribution in [0.1, 0.15) is 24.8 Å². The number of nitrogens with one attached hydrogen (secondary N) is 1. The molecule has 0 aromatic carbocycles. The molecule has 1 aliphatic rings. The number of nitrogen functional groups attached to an aromatic ring is 1. The van der Waals surface area contributed by atoms with Crippen LogP contribution in [0.2, 0.25) is 0 Å². The van der Waals surface area contributed by atoms with E-state index in [4.69, 9.17) is 10.5 Å². The predicted molar refractivity (Wildman–Crippen MR) is 45.0 cm³/mol. The summed E-state index contributed by atoms with van der Waals surface area (Å²) in [7, 11) is 0. The van der Waals surface area contributed by atoms with Crippen LogP contribution < -0.4 is 11.4 Å². The average Bonchev–Trinajstić information content (AvgIpc) is 2.53. The maximum Gasteiger partial charge on any atom is 0.349 e. The van der Waals surface area contributed by atoms with Gasteiger partial charge in [0.2, 0.25) is 5.95 Å². The van der Waals surface area contributed by atoms with E-state index in [2.05, 4.69) is 15.0 Å². The summed E-state index contributed by atoms with van der Waals surface area (Å²) < 4.78 is 5.33. The second kappa shape index (κ2) is 3.14. The third-order valence-corrected chi connectivity index (χ3v) is 1.92.